The second kappa shape index (κ2) is 6.94. The molecule has 7 heteroatoms. The summed E-state index contributed by atoms with van der Waals surface area (Å²) in [5.74, 6) is 0.816. The van der Waals surface area contributed by atoms with Gasteiger partial charge in [-0.2, -0.15) is 0 Å². The molecular weight excluding hydrogens is 378 g/mol. The lowest BCUT2D eigenvalue weighted by Gasteiger charge is -2.20. The van der Waals surface area contributed by atoms with Crippen molar-refractivity contribution >= 4 is 51.5 Å². The third-order valence-electron chi connectivity index (χ3n) is 3.67. The van der Waals surface area contributed by atoms with Crippen molar-refractivity contribution in [2.45, 2.75) is 13.8 Å². The van der Waals surface area contributed by atoms with Gasteiger partial charge in [0.2, 0.25) is 6.49 Å². The zero-order chi connectivity index (χ0) is 17.4. The molecule has 2 rings (SSSR count). The van der Waals surface area contributed by atoms with Crippen LogP contribution in [0.3, 0.4) is 0 Å². The Labute approximate surface area is 150 Å². The summed E-state index contributed by atoms with van der Waals surface area (Å²) in [5.41, 5.74) is 1.36. The molecule has 2 aromatic rings. The van der Waals surface area contributed by atoms with Crippen LogP contribution in [0.4, 0.5) is 0 Å². The zero-order valence-electron chi connectivity index (χ0n) is 13.1. The van der Waals surface area contributed by atoms with Gasteiger partial charge in [-0.05, 0) is 49.4 Å². The van der Waals surface area contributed by atoms with Crippen molar-refractivity contribution in [3.63, 3.8) is 0 Å². The number of benzene rings is 2. The summed E-state index contributed by atoms with van der Waals surface area (Å²) in [7, 11) is 2.98. The fourth-order valence-corrected chi connectivity index (χ4v) is 5.33. The van der Waals surface area contributed by atoms with Gasteiger partial charge in [-0.15, -0.1) is 0 Å². The van der Waals surface area contributed by atoms with Gasteiger partial charge in [-0.1, -0.05) is 23.2 Å². The first kappa shape index (κ1) is 18.5. The predicted molar refractivity (Wildman–Crippen MR) is 98.2 cm³/mol. The van der Waals surface area contributed by atoms with Crippen molar-refractivity contribution in [2.24, 2.45) is 0 Å². The lowest BCUT2D eigenvalue weighted by molar-refractivity contribution is 0.413. The van der Waals surface area contributed by atoms with Crippen LogP contribution >= 0.6 is 40.9 Å². The summed E-state index contributed by atoms with van der Waals surface area (Å²) >= 11 is 18.7. The highest BCUT2D eigenvalue weighted by Gasteiger charge is 2.33. The molecule has 2 aromatic carbocycles. The molecule has 0 spiro atoms. The number of methoxy groups -OCH3 is 2. The number of hydrogen-bond donors (Lipinski definition) is 0. The summed E-state index contributed by atoms with van der Waals surface area (Å²) in [4.78, 5) is 0. The van der Waals surface area contributed by atoms with E-state index in [0.29, 0.717) is 43.3 Å². The van der Waals surface area contributed by atoms with Gasteiger partial charge < -0.3 is 9.47 Å². The van der Waals surface area contributed by atoms with E-state index in [1.54, 1.807) is 38.1 Å². The molecule has 0 atom stereocenters. The Bertz CT molecular complexity index is 742. The van der Waals surface area contributed by atoms with E-state index in [1.807, 2.05) is 0 Å². The molecule has 0 saturated heterocycles. The molecular formula is C16H16Cl3O3P. The Hall–Kier alpha value is -0.860. The highest BCUT2D eigenvalue weighted by atomic mass is 35.7. The maximum atomic E-state index is 13.4. The standard InChI is InChI=1S/C16H16Cl3O3P/c1-9-11(17)5-7-13(15(9)21-3)23(19,20)14-8-6-12(18)10(2)16(14)22-4/h5-8H,1-4H3. The maximum absolute atomic E-state index is 13.4. The van der Waals surface area contributed by atoms with Gasteiger partial charge in [0.25, 0.3) is 0 Å². The van der Waals surface area contributed by atoms with E-state index in [-0.39, 0.29) is 0 Å². The second-order valence-electron chi connectivity index (χ2n) is 4.98. The average Bonchev–Trinajstić information content (AvgIpc) is 2.51. The van der Waals surface area contributed by atoms with Crippen LogP contribution in [0.5, 0.6) is 11.5 Å². The average molecular weight is 394 g/mol. The lowest BCUT2D eigenvalue weighted by atomic mass is 10.2. The lowest BCUT2D eigenvalue weighted by Crippen LogP contribution is -2.18. The molecule has 124 valence electrons. The van der Waals surface area contributed by atoms with Crippen LogP contribution in [0.25, 0.3) is 0 Å². The minimum absolute atomic E-state index is 0.378. The Morgan fingerprint density at radius 1 is 0.826 bits per heavy atom. The molecule has 0 aliphatic rings. The minimum Gasteiger partial charge on any atom is -0.496 e. The fourth-order valence-electron chi connectivity index (χ4n) is 2.40. The van der Waals surface area contributed by atoms with Crippen molar-refractivity contribution in [3.05, 3.63) is 45.4 Å². The fraction of sp³-hybridized carbons (Fsp3) is 0.250. The first-order valence-corrected chi connectivity index (χ1v) is 10.1. The molecule has 0 amide bonds. The molecule has 0 aliphatic carbocycles. The van der Waals surface area contributed by atoms with E-state index >= 15 is 0 Å². The van der Waals surface area contributed by atoms with E-state index in [1.165, 1.54) is 14.2 Å². The van der Waals surface area contributed by atoms with Crippen LogP contribution in [0.2, 0.25) is 10.0 Å². The molecule has 23 heavy (non-hydrogen) atoms. The molecule has 0 heterocycles. The predicted octanol–water partition coefficient (Wildman–Crippen LogP) is 5.10. The third kappa shape index (κ3) is 3.21. The molecule has 0 unspecified atom stereocenters. The van der Waals surface area contributed by atoms with Crippen LogP contribution in [-0.4, -0.2) is 14.2 Å². The van der Waals surface area contributed by atoms with Crippen LogP contribution in [0.15, 0.2) is 24.3 Å². The number of halogens is 3. The van der Waals surface area contributed by atoms with Gasteiger partial charge in [0.15, 0.2) is 0 Å². The van der Waals surface area contributed by atoms with Gasteiger partial charge in [-0.25, -0.2) is 0 Å². The zero-order valence-corrected chi connectivity index (χ0v) is 16.3. The number of ether oxygens (including phenoxy) is 2. The SMILES string of the molecule is COc1c(P(=O)(Cl)c2ccc(Cl)c(C)c2OC)ccc(Cl)c1C. The van der Waals surface area contributed by atoms with E-state index in [4.69, 9.17) is 43.9 Å². The Morgan fingerprint density at radius 3 is 1.48 bits per heavy atom. The second-order valence-corrected chi connectivity index (χ2v) is 9.25. The van der Waals surface area contributed by atoms with Crippen LogP contribution in [-0.2, 0) is 4.57 Å². The summed E-state index contributed by atoms with van der Waals surface area (Å²) in [6.45, 7) is 0.0731. The van der Waals surface area contributed by atoms with E-state index < -0.39 is 6.49 Å². The minimum atomic E-state index is -3.49. The van der Waals surface area contributed by atoms with E-state index in [9.17, 15) is 4.57 Å². The van der Waals surface area contributed by atoms with E-state index in [0.717, 1.165) is 0 Å². The topological polar surface area (TPSA) is 35.5 Å². The van der Waals surface area contributed by atoms with Gasteiger partial charge >= 0.3 is 0 Å². The molecule has 0 aromatic heterocycles. The Balaban J connectivity index is 2.77. The molecule has 3 nitrogen and oxygen atoms in total. The van der Waals surface area contributed by atoms with Crippen LogP contribution in [0.1, 0.15) is 11.1 Å². The largest absolute Gasteiger partial charge is 0.496 e. The number of hydrogen-bond acceptors (Lipinski definition) is 3. The van der Waals surface area contributed by atoms with Crippen molar-refractivity contribution in [1.29, 1.82) is 0 Å². The van der Waals surface area contributed by atoms with Crippen molar-refractivity contribution in [3.8, 4) is 11.5 Å². The first-order valence-electron chi connectivity index (χ1n) is 6.72. The molecule has 0 aliphatic heterocycles. The summed E-state index contributed by atoms with van der Waals surface area (Å²) in [6, 6.07) is 6.54. The van der Waals surface area contributed by atoms with Crippen molar-refractivity contribution in [1.82, 2.24) is 0 Å². The molecule has 0 saturated carbocycles. The third-order valence-corrected chi connectivity index (χ3v) is 7.52. The van der Waals surface area contributed by atoms with Gasteiger partial charge in [-0.3, -0.25) is 4.57 Å². The summed E-state index contributed by atoms with van der Waals surface area (Å²) < 4.78 is 24.2. The molecule has 0 N–H and O–H groups in total. The van der Waals surface area contributed by atoms with Gasteiger partial charge in [0, 0.05) is 21.2 Å². The molecule has 0 radical (unpaired) electrons. The van der Waals surface area contributed by atoms with Gasteiger partial charge in [0.05, 0.1) is 24.8 Å². The van der Waals surface area contributed by atoms with Crippen molar-refractivity contribution in [2.75, 3.05) is 14.2 Å². The summed E-state index contributed by atoms with van der Waals surface area (Å²) in [5, 5.41) is 1.79. The normalized spacial score (nSPS) is 11.4. The molecule has 0 bridgehead atoms. The van der Waals surface area contributed by atoms with Gasteiger partial charge in [0.1, 0.15) is 11.5 Å². The van der Waals surface area contributed by atoms with Crippen LogP contribution in [0, 0.1) is 13.8 Å². The van der Waals surface area contributed by atoms with Crippen molar-refractivity contribution < 1.29 is 14.0 Å². The maximum Gasteiger partial charge on any atom is 0.233 e. The van der Waals surface area contributed by atoms with Crippen LogP contribution < -0.4 is 20.1 Å². The van der Waals surface area contributed by atoms with E-state index in [2.05, 4.69) is 0 Å². The quantitative estimate of drug-likeness (QED) is 0.678. The Kier molecular flexibility index (Phi) is 5.58. The monoisotopic (exact) mass is 392 g/mol. The smallest absolute Gasteiger partial charge is 0.233 e. The number of rotatable bonds is 4. The molecule has 0 fully saturated rings. The first-order chi connectivity index (χ1) is 10.8. The highest BCUT2D eigenvalue weighted by molar-refractivity contribution is 8.00. The highest BCUT2D eigenvalue weighted by Crippen LogP contribution is 2.54. The Morgan fingerprint density at radius 2 is 1.17 bits per heavy atom. The summed E-state index contributed by atoms with van der Waals surface area (Å²) in [6.07, 6.45) is 0.